The molecule has 1 aliphatic heterocycles. The molecule has 0 unspecified atom stereocenters. The van der Waals surface area contributed by atoms with Crippen LogP contribution >= 0.6 is 23.4 Å². The van der Waals surface area contributed by atoms with E-state index in [0.717, 1.165) is 16.7 Å². The van der Waals surface area contributed by atoms with Gasteiger partial charge in [-0.3, -0.25) is 14.5 Å². The highest BCUT2D eigenvalue weighted by molar-refractivity contribution is 8.18. The van der Waals surface area contributed by atoms with Crippen LogP contribution < -0.4 is 0 Å². The molecule has 0 spiro atoms. The summed E-state index contributed by atoms with van der Waals surface area (Å²) in [5.41, 5.74) is 0.861. The van der Waals surface area contributed by atoms with Gasteiger partial charge in [-0.05, 0) is 42.1 Å². The number of nitrogens with zero attached hydrogens (tertiary/aromatic N) is 1. The SMILES string of the molecule is COC(=O)c1ccc(Cl)c(-c2ccc(/C=C3\SC(=O)N(C)C3=O)o2)c1. The maximum absolute atomic E-state index is 11.9. The summed E-state index contributed by atoms with van der Waals surface area (Å²) in [7, 11) is 2.71. The molecule has 6 nitrogen and oxygen atoms in total. The fourth-order valence-corrected chi connectivity index (χ4v) is 3.23. The summed E-state index contributed by atoms with van der Waals surface area (Å²) in [5.74, 6) is -0.0359. The second-order valence-corrected chi connectivity index (χ2v) is 6.53. The standard InChI is InChI=1S/C17H12ClNO5S/c1-19-15(20)14(25-17(19)22)8-10-4-6-13(24-10)11-7-9(16(21)23-2)3-5-12(11)18/h3-8H,1-2H3/b14-8-. The van der Waals surface area contributed by atoms with Gasteiger partial charge in [0.1, 0.15) is 11.5 Å². The molecule has 0 atom stereocenters. The van der Waals surface area contributed by atoms with Crippen molar-refractivity contribution in [2.24, 2.45) is 0 Å². The smallest absolute Gasteiger partial charge is 0.337 e. The van der Waals surface area contributed by atoms with Crippen LogP contribution in [0.15, 0.2) is 39.7 Å². The zero-order valence-electron chi connectivity index (χ0n) is 13.2. The predicted molar refractivity (Wildman–Crippen MR) is 94.2 cm³/mol. The van der Waals surface area contributed by atoms with Crippen LogP contribution in [0.5, 0.6) is 0 Å². The Labute approximate surface area is 152 Å². The Balaban J connectivity index is 1.93. The molecule has 1 fully saturated rings. The van der Waals surface area contributed by atoms with Gasteiger partial charge in [-0.1, -0.05) is 11.6 Å². The van der Waals surface area contributed by atoms with Gasteiger partial charge in [-0.2, -0.15) is 0 Å². The first-order chi connectivity index (χ1) is 11.9. The number of benzene rings is 1. The summed E-state index contributed by atoms with van der Waals surface area (Å²) in [6.45, 7) is 0. The molecule has 2 amide bonds. The molecule has 0 bridgehead atoms. The fraction of sp³-hybridized carbons (Fsp3) is 0.118. The lowest BCUT2D eigenvalue weighted by molar-refractivity contribution is -0.121. The number of methoxy groups -OCH3 is 1. The number of rotatable bonds is 3. The molecular formula is C17H12ClNO5S. The number of thioether (sulfide) groups is 1. The van der Waals surface area contributed by atoms with Crippen molar-refractivity contribution in [3.05, 3.63) is 51.6 Å². The number of ether oxygens (including phenoxy) is 1. The number of imide groups is 1. The lowest BCUT2D eigenvalue weighted by atomic mass is 10.1. The van der Waals surface area contributed by atoms with Crippen molar-refractivity contribution in [3.8, 4) is 11.3 Å². The van der Waals surface area contributed by atoms with Gasteiger partial charge < -0.3 is 9.15 Å². The highest BCUT2D eigenvalue weighted by Gasteiger charge is 2.32. The zero-order chi connectivity index (χ0) is 18.1. The fourth-order valence-electron chi connectivity index (χ4n) is 2.21. The summed E-state index contributed by atoms with van der Waals surface area (Å²) in [6, 6.07) is 8.02. The van der Waals surface area contributed by atoms with Crippen LogP contribution in [-0.2, 0) is 9.53 Å². The second-order valence-electron chi connectivity index (χ2n) is 5.13. The summed E-state index contributed by atoms with van der Waals surface area (Å²) in [6.07, 6.45) is 1.50. The Morgan fingerprint density at radius 1 is 1.28 bits per heavy atom. The van der Waals surface area contributed by atoms with Crippen molar-refractivity contribution < 1.29 is 23.5 Å². The Hall–Kier alpha value is -2.51. The topological polar surface area (TPSA) is 76.8 Å². The molecule has 0 radical (unpaired) electrons. The minimum atomic E-state index is -0.485. The van der Waals surface area contributed by atoms with E-state index < -0.39 is 5.97 Å². The Morgan fingerprint density at radius 3 is 2.68 bits per heavy atom. The van der Waals surface area contributed by atoms with E-state index in [1.807, 2.05) is 0 Å². The molecule has 2 aromatic rings. The summed E-state index contributed by atoms with van der Waals surface area (Å²) >= 11 is 7.03. The molecule has 0 aliphatic carbocycles. The summed E-state index contributed by atoms with van der Waals surface area (Å²) in [5, 5.41) is 0.0688. The molecule has 2 heterocycles. The maximum Gasteiger partial charge on any atom is 0.337 e. The number of esters is 1. The summed E-state index contributed by atoms with van der Waals surface area (Å²) < 4.78 is 10.4. The average Bonchev–Trinajstić information content (AvgIpc) is 3.16. The van der Waals surface area contributed by atoms with Gasteiger partial charge in [0.2, 0.25) is 0 Å². The van der Waals surface area contributed by atoms with Crippen molar-refractivity contribution in [2.45, 2.75) is 0 Å². The van der Waals surface area contributed by atoms with Gasteiger partial charge in [0.15, 0.2) is 0 Å². The third-order valence-electron chi connectivity index (χ3n) is 3.54. The molecule has 128 valence electrons. The molecule has 1 saturated heterocycles. The van der Waals surface area contributed by atoms with E-state index >= 15 is 0 Å². The van der Waals surface area contributed by atoms with E-state index in [0.29, 0.717) is 27.7 Å². The number of hydrogen-bond donors (Lipinski definition) is 0. The average molecular weight is 378 g/mol. The van der Waals surface area contributed by atoms with E-state index in [1.165, 1.54) is 20.2 Å². The lowest BCUT2D eigenvalue weighted by Gasteiger charge is -2.04. The number of hydrogen-bond acceptors (Lipinski definition) is 6. The van der Waals surface area contributed by atoms with Crippen LogP contribution in [-0.4, -0.2) is 36.2 Å². The van der Waals surface area contributed by atoms with Crippen molar-refractivity contribution in [3.63, 3.8) is 0 Å². The number of carbonyl (C=O) groups excluding carboxylic acids is 3. The number of likely N-dealkylation sites (N-methyl/N-ethyl adjacent to an activating group) is 1. The van der Waals surface area contributed by atoms with Crippen molar-refractivity contribution in [1.29, 1.82) is 0 Å². The number of carbonyl (C=O) groups is 3. The van der Waals surface area contributed by atoms with E-state index in [9.17, 15) is 14.4 Å². The van der Waals surface area contributed by atoms with Crippen molar-refractivity contribution in [1.82, 2.24) is 4.90 Å². The van der Waals surface area contributed by atoms with Crippen LogP contribution in [0.1, 0.15) is 16.1 Å². The molecule has 8 heteroatoms. The lowest BCUT2D eigenvalue weighted by Crippen LogP contribution is -2.22. The van der Waals surface area contributed by atoms with E-state index in [2.05, 4.69) is 0 Å². The Bertz CT molecular complexity index is 918. The molecule has 3 rings (SSSR count). The molecule has 0 N–H and O–H groups in total. The maximum atomic E-state index is 11.9. The van der Waals surface area contributed by atoms with Gasteiger partial charge >= 0.3 is 5.97 Å². The largest absolute Gasteiger partial charge is 0.465 e. The predicted octanol–water partition coefficient (Wildman–Crippen LogP) is 4.05. The Morgan fingerprint density at radius 2 is 2.04 bits per heavy atom. The highest BCUT2D eigenvalue weighted by Crippen LogP contribution is 2.34. The monoisotopic (exact) mass is 377 g/mol. The molecule has 1 aromatic carbocycles. The van der Waals surface area contributed by atoms with Crippen molar-refractivity contribution >= 4 is 46.6 Å². The van der Waals surface area contributed by atoms with Gasteiger partial charge in [0.25, 0.3) is 11.1 Å². The molecule has 0 saturated carbocycles. The van der Waals surface area contributed by atoms with Crippen molar-refractivity contribution in [2.75, 3.05) is 14.2 Å². The van der Waals surface area contributed by atoms with Gasteiger partial charge in [-0.25, -0.2) is 4.79 Å². The number of furan rings is 1. The van der Waals surface area contributed by atoms with E-state index in [-0.39, 0.29) is 16.1 Å². The number of halogens is 1. The molecule has 1 aliphatic rings. The van der Waals surface area contributed by atoms with Gasteiger partial charge in [0.05, 0.1) is 22.6 Å². The third-order valence-corrected chi connectivity index (χ3v) is 4.83. The summed E-state index contributed by atoms with van der Waals surface area (Å²) in [4.78, 5) is 36.4. The highest BCUT2D eigenvalue weighted by atomic mass is 35.5. The van der Waals surface area contributed by atoms with Gasteiger partial charge in [0, 0.05) is 18.7 Å². The second kappa shape index (κ2) is 6.78. The third kappa shape index (κ3) is 3.33. The first-order valence-electron chi connectivity index (χ1n) is 7.10. The molecule has 1 aromatic heterocycles. The first-order valence-corrected chi connectivity index (χ1v) is 8.30. The molecule has 25 heavy (non-hydrogen) atoms. The normalized spacial score (nSPS) is 16.0. The molecular weight excluding hydrogens is 366 g/mol. The van der Waals surface area contributed by atoms with Crippen LogP contribution in [0.4, 0.5) is 4.79 Å². The first kappa shape index (κ1) is 17.3. The number of amides is 2. The van der Waals surface area contributed by atoms with Crippen LogP contribution in [0.2, 0.25) is 5.02 Å². The van der Waals surface area contributed by atoms with Crippen LogP contribution in [0.25, 0.3) is 17.4 Å². The minimum Gasteiger partial charge on any atom is -0.465 e. The van der Waals surface area contributed by atoms with E-state index in [4.69, 9.17) is 20.8 Å². The Kier molecular flexibility index (Phi) is 4.69. The van der Waals surface area contributed by atoms with Crippen LogP contribution in [0, 0.1) is 0 Å². The quantitative estimate of drug-likeness (QED) is 0.593. The van der Waals surface area contributed by atoms with Gasteiger partial charge in [-0.15, -0.1) is 0 Å². The zero-order valence-corrected chi connectivity index (χ0v) is 14.8. The minimum absolute atomic E-state index is 0.280. The van der Waals surface area contributed by atoms with Crippen LogP contribution in [0.3, 0.4) is 0 Å². The van der Waals surface area contributed by atoms with E-state index in [1.54, 1.807) is 30.3 Å².